The normalized spacial score (nSPS) is 12.7. The summed E-state index contributed by atoms with van der Waals surface area (Å²) in [4.78, 5) is 24.0. The van der Waals surface area contributed by atoms with E-state index in [9.17, 15) is 9.59 Å². The van der Waals surface area contributed by atoms with Gasteiger partial charge < -0.3 is 15.3 Å². The summed E-state index contributed by atoms with van der Waals surface area (Å²) in [6, 6.07) is -0.632. The van der Waals surface area contributed by atoms with Crippen LogP contribution in [0.4, 0.5) is 4.79 Å². The Labute approximate surface area is 109 Å². The molecule has 1 unspecified atom stereocenters. The predicted molar refractivity (Wildman–Crippen MR) is 71.5 cm³/mol. The molecule has 0 heterocycles. The molecule has 0 rings (SSSR count). The highest BCUT2D eigenvalue weighted by molar-refractivity contribution is 5.75. The molecule has 0 aliphatic heterocycles. The van der Waals surface area contributed by atoms with Gasteiger partial charge in [-0.15, -0.1) is 6.58 Å². The second kappa shape index (κ2) is 7.03. The summed E-state index contributed by atoms with van der Waals surface area (Å²) in [5, 5.41) is 11.6. The van der Waals surface area contributed by atoms with Gasteiger partial charge in [-0.25, -0.2) is 4.79 Å². The molecule has 0 radical (unpaired) electrons. The topological polar surface area (TPSA) is 69.6 Å². The number of likely N-dealkylation sites (N-methyl/N-ethyl adjacent to an activating group) is 1. The summed E-state index contributed by atoms with van der Waals surface area (Å²) < 4.78 is 0. The zero-order chi connectivity index (χ0) is 14.3. The molecule has 5 heteroatoms. The molecule has 0 bridgehead atoms. The molecular weight excluding hydrogens is 232 g/mol. The zero-order valence-electron chi connectivity index (χ0n) is 11.7. The van der Waals surface area contributed by atoms with E-state index < -0.39 is 5.97 Å². The van der Waals surface area contributed by atoms with E-state index in [0.717, 1.165) is 0 Å². The Hall–Kier alpha value is -1.52. The third-order valence-electron chi connectivity index (χ3n) is 2.36. The summed E-state index contributed by atoms with van der Waals surface area (Å²) in [6.07, 6.45) is 2.17. The van der Waals surface area contributed by atoms with Crippen molar-refractivity contribution in [2.24, 2.45) is 5.41 Å². The van der Waals surface area contributed by atoms with Crippen molar-refractivity contribution in [3.05, 3.63) is 12.7 Å². The van der Waals surface area contributed by atoms with Gasteiger partial charge in [0.1, 0.15) is 0 Å². The molecule has 0 spiro atoms. The van der Waals surface area contributed by atoms with Gasteiger partial charge in [-0.05, 0) is 11.8 Å². The molecule has 0 saturated heterocycles. The molecule has 104 valence electrons. The third kappa shape index (κ3) is 7.70. The quantitative estimate of drug-likeness (QED) is 0.715. The maximum Gasteiger partial charge on any atom is 0.317 e. The lowest BCUT2D eigenvalue weighted by molar-refractivity contribution is -0.137. The lowest BCUT2D eigenvalue weighted by Gasteiger charge is -2.27. The lowest BCUT2D eigenvalue weighted by Crippen LogP contribution is -2.45. The molecular formula is C13H24N2O3. The average molecular weight is 256 g/mol. The number of carbonyl (C=O) groups excluding carboxylic acids is 1. The van der Waals surface area contributed by atoms with Gasteiger partial charge in [0.2, 0.25) is 0 Å². The molecule has 18 heavy (non-hydrogen) atoms. The first kappa shape index (κ1) is 16.5. The summed E-state index contributed by atoms with van der Waals surface area (Å²) >= 11 is 0. The second-order valence-corrected chi connectivity index (χ2v) is 5.68. The maximum atomic E-state index is 11.8. The van der Waals surface area contributed by atoms with Gasteiger partial charge in [0.15, 0.2) is 0 Å². The highest BCUT2D eigenvalue weighted by Crippen LogP contribution is 2.22. The van der Waals surface area contributed by atoms with Gasteiger partial charge in [-0.1, -0.05) is 26.8 Å². The lowest BCUT2D eigenvalue weighted by atomic mass is 9.87. The van der Waals surface area contributed by atoms with Crippen molar-refractivity contribution in [2.75, 3.05) is 13.6 Å². The number of rotatable bonds is 6. The maximum absolute atomic E-state index is 11.8. The van der Waals surface area contributed by atoms with Crippen LogP contribution in [0.2, 0.25) is 0 Å². The van der Waals surface area contributed by atoms with Crippen LogP contribution in [0.1, 0.15) is 33.6 Å². The Balaban J connectivity index is 4.53. The van der Waals surface area contributed by atoms with E-state index in [1.54, 1.807) is 13.1 Å². The molecule has 0 aromatic rings. The van der Waals surface area contributed by atoms with Crippen molar-refractivity contribution in [1.29, 1.82) is 0 Å². The molecule has 0 aromatic carbocycles. The number of nitrogens with zero attached hydrogens (tertiary/aromatic N) is 1. The van der Waals surface area contributed by atoms with E-state index in [1.807, 2.05) is 20.8 Å². The van der Waals surface area contributed by atoms with Crippen LogP contribution in [0.5, 0.6) is 0 Å². The number of urea groups is 1. The van der Waals surface area contributed by atoms with Crippen LogP contribution >= 0.6 is 0 Å². The molecule has 5 nitrogen and oxygen atoms in total. The van der Waals surface area contributed by atoms with Crippen LogP contribution in [0.25, 0.3) is 0 Å². The smallest absolute Gasteiger partial charge is 0.317 e. The largest absolute Gasteiger partial charge is 0.481 e. The number of amides is 2. The van der Waals surface area contributed by atoms with Gasteiger partial charge in [-0.3, -0.25) is 4.79 Å². The molecule has 0 fully saturated rings. The highest BCUT2D eigenvalue weighted by Gasteiger charge is 2.23. The molecule has 0 aliphatic rings. The number of carboxylic acids is 1. The fourth-order valence-electron chi connectivity index (χ4n) is 1.69. The standard InChI is InChI=1S/C13H24N2O3/c1-6-7-15(5)12(18)14-10(8-11(16)17)9-13(2,3)4/h6,10H,1,7-9H2,2-5H3,(H,14,18)(H,16,17). The van der Waals surface area contributed by atoms with Crippen molar-refractivity contribution in [3.8, 4) is 0 Å². The Morgan fingerprint density at radius 2 is 2.00 bits per heavy atom. The van der Waals surface area contributed by atoms with E-state index in [0.29, 0.717) is 13.0 Å². The number of carbonyl (C=O) groups is 2. The average Bonchev–Trinajstić information content (AvgIpc) is 2.13. The fourth-order valence-corrected chi connectivity index (χ4v) is 1.69. The molecule has 2 amide bonds. The van der Waals surface area contributed by atoms with Crippen molar-refractivity contribution in [2.45, 2.75) is 39.7 Å². The van der Waals surface area contributed by atoms with Gasteiger partial charge >= 0.3 is 12.0 Å². The summed E-state index contributed by atoms with van der Waals surface area (Å²) in [6.45, 7) is 10.0. The third-order valence-corrected chi connectivity index (χ3v) is 2.36. The van der Waals surface area contributed by atoms with Crippen LogP contribution < -0.4 is 5.32 Å². The fraction of sp³-hybridized carbons (Fsp3) is 0.692. The summed E-state index contributed by atoms with van der Waals surface area (Å²) in [5.74, 6) is -0.907. The van der Waals surface area contributed by atoms with Crippen LogP contribution in [0.15, 0.2) is 12.7 Å². The molecule has 0 aliphatic carbocycles. The van der Waals surface area contributed by atoms with Gasteiger partial charge in [0.05, 0.1) is 6.42 Å². The number of carboxylic acid groups (broad SMARTS) is 1. The Kier molecular flexibility index (Phi) is 6.44. The van der Waals surface area contributed by atoms with E-state index >= 15 is 0 Å². The number of hydrogen-bond donors (Lipinski definition) is 2. The van der Waals surface area contributed by atoms with Crippen LogP contribution in [0.3, 0.4) is 0 Å². The van der Waals surface area contributed by atoms with Gasteiger partial charge in [0, 0.05) is 19.6 Å². The summed E-state index contributed by atoms with van der Waals surface area (Å²) in [5.41, 5.74) is -0.0373. The SMILES string of the molecule is C=CCN(C)C(=O)NC(CC(=O)O)CC(C)(C)C. The molecule has 0 saturated carbocycles. The van der Waals surface area contributed by atoms with Crippen molar-refractivity contribution in [3.63, 3.8) is 0 Å². The first-order valence-electron chi connectivity index (χ1n) is 6.00. The van der Waals surface area contributed by atoms with Crippen LogP contribution in [-0.2, 0) is 4.79 Å². The monoisotopic (exact) mass is 256 g/mol. The first-order valence-corrected chi connectivity index (χ1v) is 6.00. The van der Waals surface area contributed by atoms with Gasteiger partial charge in [-0.2, -0.15) is 0 Å². The van der Waals surface area contributed by atoms with Gasteiger partial charge in [0.25, 0.3) is 0 Å². The molecule has 2 N–H and O–H groups in total. The molecule has 0 aromatic heterocycles. The van der Waals surface area contributed by atoms with E-state index in [-0.39, 0.29) is 23.9 Å². The minimum Gasteiger partial charge on any atom is -0.481 e. The Morgan fingerprint density at radius 3 is 2.39 bits per heavy atom. The van der Waals surface area contributed by atoms with Crippen LogP contribution in [-0.4, -0.2) is 41.6 Å². The van der Waals surface area contributed by atoms with Crippen molar-refractivity contribution >= 4 is 12.0 Å². The first-order chi connectivity index (χ1) is 8.15. The molecule has 1 atom stereocenters. The predicted octanol–water partition coefficient (Wildman–Crippen LogP) is 2.09. The minimum atomic E-state index is -0.907. The van der Waals surface area contributed by atoms with E-state index in [1.165, 1.54) is 4.90 Å². The minimum absolute atomic E-state index is 0.0373. The Morgan fingerprint density at radius 1 is 1.44 bits per heavy atom. The van der Waals surface area contributed by atoms with Crippen molar-refractivity contribution < 1.29 is 14.7 Å². The van der Waals surface area contributed by atoms with Crippen molar-refractivity contribution in [1.82, 2.24) is 10.2 Å². The Bertz CT molecular complexity index is 308. The number of hydrogen-bond acceptors (Lipinski definition) is 2. The van der Waals surface area contributed by atoms with E-state index in [2.05, 4.69) is 11.9 Å². The number of nitrogens with one attached hydrogen (secondary N) is 1. The van der Waals surface area contributed by atoms with Crippen LogP contribution in [0, 0.1) is 5.41 Å². The zero-order valence-corrected chi connectivity index (χ0v) is 11.7. The second-order valence-electron chi connectivity index (χ2n) is 5.68. The summed E-state index contributed by atoms with van der Waals surface area (Å²) in [7, 11) is 1.64. The highest BCUT2D eigenvalue weighted by atomic mass is 16.4. The number of aliphatic carboxylic acids is 1. The van der Waals surface area contributed by atoms with E-state index in [4.69, 9.17) is 5.11 Å².